The van der Waals surface area contributed by atoms with Gasteiger partial charge in [-0.05, 0) is 79.3 Å². The molecule has 4 rings (SSSR count). The highest BCUT2D eigenvalue weighted by atomic mass is 16.7. The van der Waals surface area contributed by atoms with Crippen molar-refractivity contribution in [3.8, 4) is 0 Å². The summed E-state index contributed by atoms with van der Waals surface area (Å²) in [5.74, 6) is 0.592. The zero-order valence-electron chi connectivity index (χ0n) is 16.8. The summed E-state index contributed by atoms with van der Waals surface area (Å²) in [7, 11) is 6.55. The van der Waals surface area contributed by atoms with E-state index in [1.54, 1.807) is 0 Å². The zero-order chi connectivity index (χ0) is 18.1. The van der Waals surface area contributed by atoms with Crippen molar-refractivity contribution in [1.29, 1.82) is 0 Å². The maximum atomic E-state index is 6.07. The summed E-state index contributed by atoms with van der Waals surface area (Å²) in [6.07, 6.45) is 8.52. The van der Waals surface area contributed by atoms with E-state index in [0.29, 0.717) is 18.1 Å². The third-order valence-electron chi connectivity index (χ3n) is 7.04. The van der Waals surface area contributed by atoms with E-state index in [4.69, 9.17) is 4.84 Å². The number of hydrogen-bond donors (Lipinski definition) is 3. The van der Waals surface area contributed by atoms with Crippen LogP contribution in [0.3, 0.4) is 0 Å². The molecule has 0 saturated carbocycles. The molecule has 0 aromatic carbocycles. The van der Waals surface area contributed by atoms with E-state index in [9.17, 15) is 0 Å². The second-order valence-electron chi connectivity index (χ2n) is 9.01. The Morgan fingerprint density at radius 1 is 1.00 bits per heavy atom. The van der Waals surface area contributed by atoms with Gasteiger partial charge in [0.1, 0.15) is 6.23 Å². The van der Waals surface area contributed by atoms with Crippen LogP contribution in [0.1, 0.15) is 38.5 Å². The predicted octanol–water partition coefficient (Wildman–Crippen LogP) is 0.209. The summed E-state index contributed by atoms with van der Waals surface area (Å²) in [5, 5.41) is 7.46. The van der Waals surface area contributed by atoms with Crippen molar-refractivity contribution < 1.29 is 4.84 Å². The summed E-state index contributed by atoms with van der Waals surface area (Å²) in [6, 6.07) is 1.26. The molecule has 0 spiro atoms. The van der Waals surface area contributed by atoms with Crippen LogP contribution in [-0.4, -0.2) is 92.7 Å². The predicted molar refractivity (Wildman–Crippen MR) is 103 cm³/mol. The van der Waals surface area contributed by atoms with Gasteiger partial charge < -0.3 is 10.2 Å². The van der Waals surface area contributed by atoms with Crippen molar-refractivity contribution >= 4 is 0 Å². The van der Waals surface area contributed by atoms with Gasteiger partial charge in [0.2, 0.25) is 0 Å². The lowest BCUT2D eigenvalue weighted by molar-refractivity contribution is -0.0373. The topological polar surface area (TPSA) is 55.0 Å². The Balaban J connectivity index is 1.29. The maximum absolute atomic E-state index is 6.07. The van der Waals surface area contributed by atoms with Crippen molar-refractivity contribution in [3.63, 3.8) is 0 Å². The van der Waals surface area contributed by atoms with Gasteiger partial charge in [0.15, 0.2) is 0 Å². The fourth-order valence-electron chi connectivity index (χ4n) is 5.32. The van der Waals surface area contributed by atoms with E-state index >= 15 is 0 Å². The molecule has 0 radical (unpaired) electrons. The molecule has 5 unspecified atom stereocenters. The molecule has 7 heteroatoms. The van der Waals surface area contributed by atoms with Gasteiger partial charge in [-0.3, -0.25) is 20.0 Å². The van der Waals surface area contributed by atoms with Gasteiger partial charge in [-0.15, -0.1) is 0 Å². The summed E-state index contributed by atoms with van der Waals surface area (Å²) >= 11 is 0. The van der Waals surface area contributed by atoms with Gasteiger partial charge in [-0.25, -0.2) is 0 Å². The van der Waals surface area contributed by atoms with E-state index in [2.05, 4.69) is 52.0 Å². The Hall–Kier alpha value is -0.280. The number of hydroxylamine groups is 1. The van der Waals surface area contributed by atoms with Crippen LogP contribution < -0.4 is 16.1 Å². The molecule has 0 aromatic rings. The third-order valence-corrected chi connectivity index (χ3v) is 7.04. The van der Waals surface area contributed by atoms with Crippen molar-refractivity contribution in [2.45, 2.75) is 69.2 Å². The minimum atomic E-state index is 0.133. The van der Waals surface area contributed by atoms with Crippen LogP contribution >= 0.6 is 0 Å². The molecular formula is C19H38N6O. The molecule has 5 atom stereocenters. The molecule has 0 amide bonds. The molecule has 3 N–H and O–H groups in total. The van der Waals surface area contributed by atoms with Crippen molar-refractivity contribution in [2.75, 3.05) is 47.3 Å². The number of nitrogens with zero attached hydrogens (tertiary/aromatic N) is 3. The highest BCUT2D eigenvalue weighted by molar-refractivity contribution is 4.94. The second-order valence-corrected chi connectivity index (χ2v) is 9.01. The number of likely N-dealkylation sites (tertiary alicyclic amines) is 2. The smallest absolute Gasteiger partial charge is 0.146 e. The average Bonchev–Trinajstić information content (AvgIpc) is 3.32. The van der Waals surface area contributed by atoms with Crippen molar-refractivity contribution in [3.05, 3.63) is 0 Å². The summed E-state index contributed by atoms with van der Waals surface area (Å²) < 4.78 is 0. The molecule has 4 saturated heterocycles. The SMILES string of the molecule is CN1CCC(N2CCCC2C2NC(C3CCC(N(C)C)NC3)NO2)CC1. The molecule has 0 bridgehead atoms. The zero-order valence-corrected chi connectivity index (χ0v) is 16.8. The molecule has 150 valence electrons. The summed E-state index contributed by atoms with van der Waals surface area (Å²) in [6.45, 7) is 4.75. The number of hydrogen-bond acceptors (Lipinski definition) is 7. The number of piperidine rings is 2. The molecule has 4 fully saturated rings. The molecule has 0 aliphatic carbocycles. The van der Waals surface area contributed by atoms with Crippen LogP contribution in [-0.2, 0) is 4.84 Å². The quantitative estimate of drug-likeness (QED) is 0.658. The van der Waals surface area contributed by atoms with Gasteiger partial charge in [-0.2, -0.15) is 5.48 Å². The van der Waals surface area contributed by atoms with Crippen LogP contribution in [0.25, 0.3) is 0 Å². The standard InChI is InChI=1S/C19H38N6O/c1-23(2)17-7-6-14(13-20-17)18-21-19(26-22-18)16-5-4-10-25(16)15-8-11-24(3)12-9-15/h14-22H,4-13H2,1-3H3. The minimum Gasteiger partial charge on any atom is -0.306 e. The Labute approximate surface area is 158 Å². The Kier molecular flexibility index (Phi) is 6.15. The van der Waals surface area contributed by atoms with Gasteiger partial charge in [0.05, 0.1) is 18.4 Å². The highest BCUT2D eigenvalue weighted by Gasteiger charge is 2.42. The van der Waals surface area contributed by atoms with E-state index in [1.165, 1.54) is 58.2 Å². The first-order chi connectivity index (χ1) is 12.6. The van der Waals surface area contributed by atoms with E-state index in [-0.39, 0.29) is 12.4 Å². The second kappa shape index (κ2) is 8.39. The third kappa shape index (κ3) is 4.09. The first kappa shape index (κ1) is 19.1. The average molecular weight is 367 g/mol. The highest BCUT2D eigenvalue weighted by Crippen LogP contribution is 2.30. The lowest BCUT2D eigenvalue weighted by Gasteiger charge is -2.39. The van der Waals surface area contributed by atoms with Crippen LogP contribution in [0.4, 0.5) is 0 Å². The monoisotopic (exact) mass is 366 g/mol. The van der Waals surface area contributed by atoms with Crippen LogP contribution in [0, 0.1) is 5.92 Å². The Bertz CT molecular complexity index is 447. The first-order valence-electron chi connectivity index (χ1n) is 10.6. The first-order valence-corrected chi connectivity index (χ1v) is 10.6. The van der Waals surface area contributed by atoms with Gasteiger partial charge in [0.25, 0.3) is 0 Å². The van der Waals surface area contributed by atoms with Gasteiger partial charge in [0, 0.05) is 18.5 Å². The van der Waals surface area contributed by atoms with E-state index in [0.717, 1.165) is 12.6 Å². The molecule has 4 heterocycles. The van der Waals surface area contributed by atoms with Crippen LogP contribution in [0.5, 0.6) is 0 Å². The fourth-order valence-corrected chi connectivity index (χ4v) is 5.32. The number of nitrogens with one attached hydrogen (secondary N) is 3. The van der Waals surface area contributed by atoms with E-state index in [1.807, 2.05) is 0 Å². The number of rotatable bonds is 4. The van der Waals surface area contributed by atoms with Crippen LogP contribution in [0.2, 0.25) is 0 Å². The van der Waals surface area contributed by atoms with Gasteiger partial charge >= 0.3 is 0 Å². The molecule has 26 heavy (non-hydrogen) atoms. The lowest BCUT2D eigenvalue weighted by atomic mass is 9.94. The van der Waals surface area contributed by atoms with Gasteiger partial charge in [-0.1, -0.05) is 0 Å². The fraction of sp³-hybridized carbons (Fsp3) is 1.00. The molecule has 7 nitrogen and oxygen atoms in total. The Morgan fingerprint density at radius 2 is 1.81 bits per heavy atom. The minimum absolute atomic E-state index is 0.133. The molecule has 4 aliphatic rings. The summed E-state index contributed by atoms with van der Waals surface area (Å²) in [5.41, 5.74) is 3.33. The summed E-state index contributed by atoms with van der Waals surface area (Å²) in [4.78, 5) is 13.6. The molecular weight excluding hydrogens is 328 g/mol. The molecule has 0 aromatic heterocycles. The van der Waals surface area contributed by atoms with Crippen molar-refractivity contribution in [1.82, 2.24) is 30.8 Å². The maximum Gasteiger partial charge on any atom is 0.146 e. The molecule has 4 aliphatic heterocycles. The lowest BCUT2D eigenvalue weighted by Crippen LogP contribution is -2.55. The Morgan fingerprint density at radius 3 is 2.50 bits per heavy atom. The normalized spacial score (nSPS) is 41.3. The van der Waals surface area contributed by atoms with E-state index < -0.39 is 0 Å². The van der Waals surface area contributed by atoms with Crippen LogP contribution in [0.15, 0.2) is 0 Å². The van der Waals surface area contributed by atoms with Crippen molar-refractivity contribution in [2.24, 2.45) is 5.92 Å². The largest absolute Gasteiger partial charge is 0.306 e.